The van der Waals surface area contributed by atoms with Gasteiger partial charge in [0.2, 0.25) is 5.91 Å². The lowest BCUT2D eigenvalue weighted by Crippen LogP contribution is -2.49. The Labute approximate surface area is 197 Å². The molecule has 0 spiro atoms. The average Bonchev–Trinajstić information content (AvgIpc) is 3.44. The van der Waals surface area contributed by atoms with Crippen LogP contribution in [0.3, 0.4) is 0 Å². The molecule has 3 aliphatic heterocycles. The molecule has 6 nitrogen and oxygen atoms in total. The predicted molar refractivity (Wildman–Crippen MR) is 128 cm³/mol. The van der Waals surface area contributed by atoms with Gasteiger partial charge in [0.05, 0.1) is 6.10 Å². The molecule has 6 heteroatoms. The van der Waals surface area contributed by atoms with Crippen LogP contribution >= 0.6 is 0 Å². The lowest BCUT2D eigenvalue weighted by atomic mass is 9.80. The Balaban J connectivity index is 1.25. The van der Waals surface area contributed by atoms with Crippen molar-refractivity contribution in [1.82, 2.24) is 15.5 Å². The second-order valence-corrected chi connectivity index (χ2v) is 10.4. The number of ether oxygens (including phenoxy) is 1. The Bertz CT molecular complexity index is 923. The Hall–Kier alpha value is -2.18. The van der Waals surface area contributed by atoms with Crippen molar-refractivity contribution >= 4 is 11.8 Å². The third-order valence-corrected chi connectivity index (χ3v) is 8.11. The Morgan fingerprint density at radius 1 is 1.18 bits per heavy atom. The van der Waals surface area contributed by atoms with Crippen LogP contribution in [0.5, 0.6) is 0 Å². The Morgan fingerprint density at radius 3 is 2.82 bits per heavy atom. The van der Waals surface area contributed by atoms with Gasteiger partial charge in [0.25, 0.3) is 5.91 Å². The summed E-state index contributed by atoms with van der Waals surface area (Å²) >= 11 is 0. The number of carbonyl (C=O) groups excluding carboxylic acids is 2. The molecule has 1 saturated carbocycles. The van der Waals surface area contributed by atoms with E-state index < -0.39 is 6.04 Å². The number of nitrogens with one attached hydrogen (secondary N) is 2. The number of piperidine rings is 1. The van der Waals surface area contributed by atoms with E-state index in [1.165, 1.54) is 37.7 Å². The molecule has 1 aromatic rings. The van der Waals surface area contributed by atoms with Crippen LogP contribution in [0.15, 0.2) is 30.5 Å². The van der Waals surface area contributed by atoms with E-state index in [2.05, 4.69) is 36.3 Å². The maximum absolute atomic E-state index is 13.0. The summed E-state index contributed by atoms with van der Waals surface area (Å²) in [5.41, 5.74) is 3.85. The molecule has 2 amide bonds. The van der Waals surface area contributed by atoms with Crippen molar-refractivity contribution < 1.29 is 14.3 Å². The van der Waals surface area contributed by atoms with Gasteiger partial charge >= 0.3 is 0 Å². The van der Waals surface area contributed by atoms with Crippen molar-refractivity contribution in [1.29, 1.82) is 0 Å². The van der Waals surface area contributed by atoms with E-state index in [1.807, 2.05) is 6.07 Å². The molecule has 0 bridgehead atoms. The number of amides is 2. The first-order chi connectivity index (χ1) is 16.0. The molecule has 3 heterocycles. The van der Waals surface area contributed by atoms with Crippen LogP contribution in [0.2, 0.25) is 0 Å². The summed E-state index contributed by atoms with van der Waals surface area (Å²) in [6.07, 6.45) is 10.1. The summed E-state index contributed by atoms with van der Waals surface area (Å²) < 4.78 is 5.91. The highest BCUT2D eigenvalue weighted by Crippen LogP contribution is 2.32. The van der Waals surface area contributed by atoms with Crippen LogP contribution in [0, 0.1) is 5.92 Å². The van der Waals surface area contributed by atoms with Gasteiger partial charge in [-0.05, 0) is 75.0 Å². The molecule has 5 atom stereocenters. The molecule has 2 N–H and O–H groups in total. The van der Waals surface area contributed by atoms with Crippen LogP contribution in [0.25, 0.3) is 0 Å². The highest BCUT2D eigenvalue weighted by molar-refractivity contribution is 6.01. The summed E-state index contributed by atoms with van der Waals surface area (Å²) in [7, 11) is 0. The fraction of sp³-hybridized carbons (Fsp3) is 0.630. The number of hydrogen-bond acceptors (Lipinski definition) is 4. The standard InChI is InChI=1S/C27H37N3O3/c1-17-9-12-24(26(31)28-17)30-16-21-15-19(10-11-22(21)27(30)32)14-20-6-3-4-7-23(20)29-18(2)25-8-5-13-33-25/h10-11,15,18,20,23-25,29H,1,3-9,12-14,16H2,2H3,(H,28,31)/t18?,20-,23+,24?,25?/m1/s1. The van der Waals surface area contributed by atoms with E-state index >= 15 is 0 Å². The van der Waals surface area contributed by atoms with E-state index in [4.69, 9.17) is 4.74 Å². The van der Waals surface area contributed by atoms with Crippen LogP contribution < -0.4 is 10.6 Å². The summed E-state index contributed by atoms with van der Waals surface area (Å²) in [6, 6.07) is 6.82. The van der Waals surface area contributed by atoms with Crippen LogP contribution in [-0.2, 0) is 22.5 Å². The summed E-state index contributed by atoms with van der Waals surface area (Å²) in [5.74, 6) is 0.472. The number of fused-ring (bicyclic) bond motifs is 1. The second kappa shape index (κ2) is 9.59. The van der Waals surface area contributed by atoms with Crippen molar-refractivity contribution in [2.24, 2.45) is 5.92 Å². The molecule has 2 saturated heterocycles. The first-order valence-electron chi connectivity index (χ1n) is 12.8. The third-order valence-electron chi connectivity index (χ3n) is 8.11. The summed E-state index contributed by atoms with van der Waals surface area (Å²) in [4.78, 5) is 27.2. The second-order valence-electron chi connectivity index (χ2n) is 10.4. The molecule has 3 fully saturated rings. The minimum atomic E-state index is -0.398. The molecule has 4 aliphatic rings. The topological polar surface area (TPSA) is 70.7 Å². The predicted octanol–water partition coefficient (Wildman–Crippen LogP) is 3.69. The van der Waals surface area contributed by atoms with E-state index in [-0.39, 0.29) is 11.8 Å². The smallest absolute Gasteiger partial charge is 0.255 e. The van der Waals surface area contributed by atoms with Gasteiger partial charge in [-0.1, -0.05) is 31.6 Å². The summed E-state index contributed by atoms with van der Waals surface area (Å²) in [5, 5.41) is 6.73. The zero-order valence-corrected chi connectivity index (χ0v) is 19.8. The quantitative estimate of drug-likeness (QED) is 0.692. The molecule has 1 aromatic carbocycles. The third kappa shape index (κ3) is 4.73. The van der Waals surface area contributed by atoms with Gasteiger partial charge in [0.1, 0.15) is 6.04 Å². The number of carbonyl (C=O) groups is 2. The van der Waals surface area contributed by atoms with Crippen LogP contribution in [0.1, 0.15) is 79.8 Å². The maximum Gasteiger partial charge on any atom is 0.255 e. The van der Waals surface area contributed by atoms with Gasteiger partial charge in [-0.3, -0.25) is 9.59 Å². The number of allylic oxidation sites excluding steroid dienone is 1. The van der Waals surface area contributed by atoms with E-state index in [0.717, 1.165) is 42.7 Å². The van der Waals surface area contributed by atoms with E-state index in [9.17, 15) is 9.59 Å². The fourth-order valence-electron chi connectivity index (χ4n) is 6.25. The monoisotopic (exact) mass is 451 g/mol. The van der Waals surface area contributed by atoms with Crippen LogP contribution in [-0.4, -0.2) is 47.6 Å². The molecule has 178 valence electrons. The first kappa shape index (κ1) is 22.6. The van der Waals surface area contributed by atoms with E-state index in [1.54, 1.807) is 4.90 Å². The van der Waals surface area contributed by atoms with Gasteiger partial charge in [0, 0.05) is 36.5 Å². The van der Waals surface area contributed by atoms with Gasteiger partial charge in [-0.15, -0.1) is 0 Å². The largest absolute Gasteiger partial charge is 0.377 e. The zero-order valence-electron chi connectivity index (χ0n) is 19.8. The minimum absolute atomic E-state index is 0.0215. The molecule has 33 heavy (non-hydrogen) atoms. The van der Waals surface area contributed by atoms with Crippen LogP contribution in [0.4, 0.5) is 0 Å². The lowest BCUT2D eigenvalue weighted by Gasteiger charge is -2.36. The van der Waals surface area contributed by atoms with Gasteiger partial charge in [-0.25, -0.2) is 0 Å². The Morgan fingerprint density at radius 2 is 2.03 bits per heavy atom. The van der Waals surface area contributed by atoms with Crippen molar-refractivity contribution in [3.8, 4) is 0 Å². The van der Waals surface area contributed by atoms with Crippen molar-refractivity contribution in [2.45, 2.75) is 95.5 Å². The van der Waals surface area contributed by atoms with Gasteiger partial charge in [0.15, 0.2) is 0 Å². The molecular formula is C27H37N3O3. The highest BCUT2D eigenvalue weighted by atomic mass is 16.5. The number of rotatable bonds is 6. The summed E-state index contributed by atoms with van der Waals surface area (Å²) in [6.45, 7) is 7.54. The maximum atomic E-state index is 13.0. The fourth-order valence-corrected chi connectivity index (χ4v) is 6.25. The molecule has 0 radical (unpaired) electrons. The SMILES string of the molecule is C=C1CCC(N2Cc3cc(C[C@H]4CCCC[C@@H]4NC(C)C4CCCO4)ccc3C2=O)C(=O)N1. The normalized spacial score (nSPS) is 30.9. The van der Waals surface area contributed by atoms with Crippen molar-refractivity contribution in [2.75, 3.05) is 6.61 Å². The van der Waals surface area contributed by atoms with Gasteiger partial charge in [-0.2, -0.15) is 0 Å². The molecular weight excluding hydrogens is 414 g/mol. The number of benzene rings is 1. The van der Waals surface area contributed by atoms with Crippen molar-refractivity contribution in [3.05, 3.63) is 47.2 Å². The molecule has 1 aliphatic carbocycles. The minimum Gasteiger partial charge on any atom is -0.377 e. The Kier molecular flexibility index (Phi) is 6.57. The zero-order chi connectivity index (χ0) is 22.9. The lowest BCUT2D eigenvalue weighted by molar-refractivity contribution is -0.126. The average molecular weight is 452 g/mol. The number of nitrogens with zero attached hydrogens (tertiary/aromatic N) is 1. The molecule has 3 unspecified atom stereocenters. The van der Waals surface area contributed by atoms with Gasteiger partial charge < -0.3 is 20.3 Å². The molecule has 5 rings (SSSR count). The van der Waals surface area contributed by atoms with E-state index in [0.29, 0.717) is 37.1 Å². The highest BCUT2D eigenvalue weighted by Gasteiger charge is 2.38. The first-order valence-corrected chi connectivity index (χ1v) is 12.8. The molecule has 0 aromatic heterocycles. The van der Waals surface area contributed by atoms with Crippen molar-refractivity contribution in [3.63, 3.8) is 0 Å². The number of hydrogen-bond donors (Lipinski definition) is 2.